The predicted octanol–water partition coefficient (Wildman–Crippen LogP) is 1.69. The van der Waals surface area contributed by atoms with Crippen LogP contribution in [0.2, 0.25) is 0 Å². The van der Waals surface area contributed by atoms with Crippen molar-refractivity contribution < 1.29 is 14.6 Å². The summed E-state index contributed by atoms with van der Waals surface area (Å²) in [6, 6.07) is 2.51. The molecule has 0 saturated heterocycles. The van der Waals surface area contributed by atoms with Crippen LogP contribution >= 0.6 is 0 Å². The van der Waals surface area contributed by atoms with Crippen molar-refractivity contribution in [1.82, 2.24) is 0 Å². The lowest BCUT2D eigenvalue weighted by Gasteiger charge is -2.04. The molecule has 2 N–H and O–H groups in total. The second-order valence-corrected chi connectivity index (χ2v) is 4.02. The first-order valence-corrected chi connectivity index (χ1v) is 5.17. The van der Waals surface area contributed by atoms with Gasteiger partial charge in [0.1, 0.15) is 28.2 Å². The van der Waals surface area contributed by atoms with E-state index in [-0.39, 0.29) is 27.9 Å². The number of phenolic OH excluding ortho intramolecular Hbond substituents is 2. The molecule has 0 unspecified atom stereocenters. The summed E-state index contributed by atoms with van der Waals surface area (Å²) in [7, 11) is 0. The van der Waals surface area contributed by atoms with E-state index in [0.717, 1.165) is 18.9 Å². The maximum atomic E-state index is 12.1. The van der Waals surface area contributed by atoms with E-state index in [4.69, 9.17) is 4.42 Å². The Bertz CT molecular complexity index is 639. The average Bonchev–Trinajstić information content (AvgIpc) is 2.64. The Hall–Kier alpha value is -1.97. The van der Waals surface area contributed by atoms with Gasteiger partial charge in [0.2, 0.25) is 0 Å². The molecule has 4 nitrogen and oxygen atoms in total. The molecule has 0 amide bonds. The molecule has 0 bridgehead atoms. The number of fused-ring (bicyclic) bond motifs is 2. The zero-order chi connectivity index (χ0) is 11.3. The molecule has 0 atom stereocenters. The molecule has 2 aromatic rings. The molecule has 3 rings (SSSR count). The van der Waals surface area contributed by atoms with E-state index in [9.17, 15) is 15.0 Å². The number of hydrogen-bond donors (Lipinski definition) is 2. The van der Waals surface area contributed by atoms with Crippen LogP contribution in [0.25, 0.3) is 11.0 Å². The van der Waals surface area contributed by atoms with Gasteiger partial charge in [-0.3, -0.25) is 4.79 Å². The van der Waals surface area contributed by atoms with Crippen molar-refractivity contribution in [3.8, 4) is 11.5 Å². The molecule has 1 aliphatic rings. The van der Waals surface area contributed by atoms with E-state index in [1.807, 2.05) is 0 Å². The van der Waals surface area contributed by atoms with Crippen molar-refractivity contribution in [1.29, 1.82) is 0 Å². The number of benzene rings is 1. The lowest BCUT2D eigenvalue weighted by molar-refractivity contribution is 0.450. The molecule has 82 valence electrons. The minimum absolute atomic E-state index is 0.105. The molecule has 0 fully saturated rings. The van der Waals surface area contributed by atoms with Crippen molar-refractivity contribution >= 4 is 11.0 Å². The Labute approximate surface area is 90.8 Å². The molecule has 1 heterocycles. The van der Waals surface area contributed by atoms with Crippen molar-refractivity contribution in [2.75, 3.05) is 0 Å². The van der Waals surface area contributed by atoms with Gasteiger partial charge in [0, 0.05) is 24.1 Å². The fraction of sp³-hybridized carbons (Fsp3) is 0.250. The van der Waals surface area contributed by atoms with Gasteiger partial charge in [-0.15, -0.1) is 0 Å². The van der Waals surface area contributed by atoms with Crippen LogP contribution in [-0.4, -0.2) is 10.2 Å². The summed E-state index contributed by atoms with van der Waals surface area (Å²) in [6.45, 7) is 0. The van der Waals surface area contributed by atoms with E-state index < -0.39 is 0 Å². The van der Waals surface area contributed by atoms with Crippen LogP contribution < -0.4 is 5.43 Å². The topological polar surface area (TPSA) is 70.7 Å². The van der Waals surface area contributed by atoms with Gasteiger partial charge in [0.05, 0.1) is 0 Å². The van der Waals surface area contributed by atoms with E-state index in [2.05, 4.69) is 0 Å². The lowest BCUT2D eigenvalue weighted by atomic mass is 10.1. The third-order valence-corrected chi connectivity index (χ3v) is 2.97. The Morgan fingerprint density at radius 3 is 2.81 bits per heavy atom. The number of hydrogen-bond acceptors (Lipinski definition) is 4. The predicted molar refractivity (Wildman–Crippen MR) is 57.8 cm³/mol. The van der Waals surface area contributed by atoms with Gasteiger partial charge in [-0.2, -0.15) is 0 Å². The van der Waals surface area contributed by atoms with Crippen LogP contribution in [0.3, 0.4) is 0 Å². The van der Waals surface area contributed by atoms with Gasteiger partial charge < -0.3 is 14.6 Å². The van der Waals surface area contributed by atoms with Crippen LogP contribution in [-0.2, 0) is 12.8 Å². The highest BCUT2D eigenvalue weighted by molar-refractivity contribution is 5.85. The normalized spacial score (nSPS) is 14.2. The second-order valence-electron chi connectivity index (χ2n) is 4.02. The van der Waals surface area contributed by atoms with E-state index in [1.54, 1.807) is 0 Å². The molecular weight excluding hydrogens is 208 g/mol. The Morgan fingerprint density at radius 2 is 2.00 bits per heavy atom. The number of aryl methyl sites for hydroxylation is 1. The molecule has 1 aromatic carbocycles. The molecule has 0 spiro atoms. The van der Waals surface area contributed by atoms with Gasteiger partial charge in [0.15, 0.2) is 5.43 Å². The highest BCUT2D eigenvalue weighted by Gasteiger charge is 2.21. The molecule has 0 radical (unpaired) electrons. The highest BCUT2D eigenvalue weighted by Crippen LogP contribution is 2.31. The zero-order valence-corrected chi connectivity index (χ0v) is 8.49. The van der Waals surface area contributed by atoms with Crippen molar-refractivity contribution in [2.24, 2.45) is 0 Å². The summed E-state index contributed by atoms with van der Waals surface area (Å²) >= 11 is 0. The summed E-state index contributed by atoms with van der Waals surface area (Å²) in [6.07, 6.45) is 2.35. The van der Waals surface area contributed by atoms with Gasteiger partial charge in [-0.25, -0.2) is 0 Å². The monoisotopic (exact) mass is 218 g/mol. The summed E-state index contributed by atoms with van der Waals surface area (Å²) < 4.78 is 5.53. The van der Waals surface area contributed by atoms with Crippen molar-refractivity contribution in [3.05, 3.63) is 33.7 Å². The SMILES string of the molecule is O=c1c2c(oc3cc(O)cc(O)c13)CCC2. The van der Waals surface area contributed by atoms with Crippen molar-refractivity contribution in [3.63, 3.8) is 0 Å². The Kier molecular flexibility index (Phi) is 1.74. The highest BCUT2D eigenvalue weighted by atomic mass is 16.3. The quantitative estimate of drug-likeness (QED) is 0.705. The Morgan fingerprint density at radius 1 is 1.19 bits per heavy atom. The van der Waals surface area contributed by atoms with E-state index >= 15 is 0 Å². The smallest absolute Gasteiger partial charge is 0.199 e. The second kappa shape index (κ2) is 3.01. The summed E-state index contributed by atoms with van der Waals surface area (Å²) in [5.74, 6) is 0.354. The fourth-order valence-electron chi connectivity index (χ4n) is 2.25. The largest absolute Gasteiger partial charge is 0.508 e. The van der Waals surface area contributed by atoms with Gasteiger partial charge in [-0.05, 0) is 12.8 Å². The average molecular weight is 218 g/mol. The zero-order valence-electron chi connectivity index (χ0n) is 8.49. The summed E-state index contributed by atoms with van der Waals surface area (Å²) in [4.78, 5) is 12.1. The molecule has 0 saturated carbocycles. The Balaban J connectivity index is 2.51. The number of aromatic hydroxyl groups is 2. The number of rotatable bonds is 0. The van der Waals surface area contributed by atoms with Crippen LogP contribution in [0.5, 0.6) is 11.5 Å². The molecule has 0 aliphatic heterocycles. The minimum atomic E-state index is -0.224. The standard InChI is InChI=1S/C12H10O4/c13-6-4-8(14)11-10(5-6)16-9-3-1-2-7(9)12(11)15/h4-5,13-14H,1-3H2. The maximum absolute atomic E-state index is 12.1. The lowest BCUT2D eigenvalue weighted by Crippen LogP contribution is -2.08. The summed E-state index contributed by atoms with van der Waals surface area (Å²) in [5.41, 5.74) is 0.739. The van der Waals surface area contributed by atoms with Crippen LogP contribution in [0.15, 0.2) is 21.3 Å². The molecule has 16 heavy (non-hydrogen) atoms. The molecule has 1 aromatic heterocycles. The third-order valence-electron chi connectivity index (χ3n) is 2.97. The first kappa shape index (κ1) is 9.27. The van der Waals surface area contributed by atoms with Gasteiger partial charge in [-0.1, -0.05) is 0 Å². The molecular formula is C12H10O4. The maximum Gasteiger partial charge on any atom is 0.199 e. The first-order chi connectivity index (χ1) is 7.66. The fourth-order valence-corrected chi connectivity index (χ4v) is 2.25. The van der Waals surface area contributed by atoms with Crippen LogP contribution in [0.4, 0.5) is 0 Å². The third kappa shape index (κ3) is 1.13. The molecule has 4 heteroatoms. The van der Waals surface area contributed by atoms with Gasteiger partial charge >= 0.3 is 0 Å². The summed E-state index contributed by atoms with van der Waals surface area (Å²) in [5, 5.41) is 19.1. The van der Waals surface area contributed by atoms with Crippen LogP contribution in [0.1, 0.15) is 17.7 Å². The minimum Gasteiger partial charge on any atom is -0.508 e. The van der Waals surface area contributed by atoms with E-state index in [1.165, 1.54) is 6.07 Å². The molecule has 1 aliphatic carbocycles. The van der Waals surface area contributed by atoms with Crippen molar-refractivity contribution in [2.45, 2.75) is 19.3 Å². The van der Waals surface area contributed by atoms with E-state index in [0.29, 0.717) is 17.7 Å². The number of phenols is 2. The first-order valence-electron chi connectivity index (χ1n) is 5.17. The van der Waals surface area contributed by atoms with Gasteiger partial charge in [0.25, 0.3) is 0 Å². The van der Waals surface area contributed by atoms with Crippen LogP contribution in [0, 0.1) is 0 Å².